The first-order valence-corrected chi connectivity index (χ1v) is 5.89. The summed E-state index contributed by atoms with van der Waals surface area (Å²) in [6, 6.07) is 4.51. The van der Waals surface area contributed by atoms with Crippen LogP contribution in [0.2, 0.25) is 0 Å². The van der Waals surface area contributed by atoms with Gasteiger partial charge in [0.05, 0.1) is 0 Å². The molecule has 0 bridgehead atoms. The van der Waals surface area contributed by atoms with Crippen LogP contribution >= 0.6 is 0 Å². The highest BCUT2D eigenvalue weighted by atomic mass is 19.2. The van der Waals surface area contributed by atoms with Gasteiger partial charge in [0.1, 0.15) is 5.56 Å². The Morgan fingerprint density at radius 2 is 1.29 bits per heavy atom. The second-order valence-corrected chi connectivity index (χ2v) is 4.59. The number of aryl methyl sites for hydroxylation is 2. The van der Waals surface area contributed by atoms with E-state index in [2.05, 4.69) is 0 Å². The van der Waals surface area contributed by atoms with E-state index in [9.17, 15) is 26.7 Å². The lowest BCUT2D eigenvalue weighted by Gasteiger charge is -2.10. The molecule has 0 atom stereocenters. The number of carbonyl (C=O) groups excluding carboxylic acids is 1. The third-order valence-corrected chi connectivity index (χ3v) is 3.07. The van der Waals surface area contributed by atoms with E-state index in [1.165, 1.54) is 19.1 Å². The Labute approximate surface area is 117 Å². The molecular weight excluding hydrogens is 291 g/mol. The molecule has 2 aromatic rings. The summed E-state index contributed by atoms with van der Waals surface area (Å²) in [5.41, 5.74) is -0.569. The smallest absolute Gasteiger partial charge is 0.200 e. The molecule has 21 heavy (non-hydrogen) atoms. The quantitative estimate of drug-likeness (QED) is 0.351. The molecule has 0 unspecified atom stereocenters. The molecule has 0 fully saturated rings. The minimum atomic E-state index is -2.29. The summed E-state index contributed by atoms with van der Waals surface area (Å²) in [6.07, 6.45) is 0. The molecule has 0 heterocycles. The van der Waals surface area contributed by atoms with E-state index in [4.69, 9.17) is 0 Å². The maximum absolute atomic E-state index is 13.6. The first-order valence-electron chi connectivity index (χ1n) is 5.89. The van der Waals surface area contributed by atoms with Crippen molar-refractivity contribution < 1.29 is 26.7 Å². The highest BCUT2D eigenvalue weighted by Gasteiger charge is 2.30. The van der Waals surface area contributed by atoms with Crippen LogP contribution in [0.15, 0.2) is 18.2 Å². The lowest BCUT2D eigenvalue weighted by molar-refractivity contribution is 0.102. The predicted molar refractivity (Wildman–Crippen MR) is 65.6 cm³/mol. The van der Waals surface area contributed by atoms with Crippen molar-refractivity contribution in [2.45, 2.75) is 13.8 Å². The second kappa shape index (κ2) is 5.27. The Morgan fingerprint density at radius 1 is 0.810 bits per heavy atom. The topological polar surface area (TPSA) is 17.1 Å². The van der Waals surface area contributed by atoms with Gasteiger partial charge < -0.3 is 0 Å². The fourth-order valence-electron chi connectivity index (χ4n) is 1.92. The minimum absolute atomic E-state index is 0.113. The van der Waals surface area contributed by atoms with Crippen molar-refractivity contribution in [1.29, 1.82) is 0 Å². The fraction of sp³-hybridized carbons (Fsp3) is 0.133. The summed E-state index contributed by atoms with van der Waals surface area (Å²) in [6.45, 7) is 3.13. The SMILES string of the molecule is Cc1ccc(C)c(C(=O)c2c(F)c(F)c(F)c(F)c2F)c1. The standard InChI is InChI=1S/C15H9F5O/c1-6-3-4-7(2)8(5-6)15(21)9-10(16)12(18)14(20)13(19)11(9)17/h3-5H,1-2H3. The van der Waals surface area contributed by atoms with Crippen LogP contribution in [0.3, 0.4) is 0 Å². The number of halogens is 5. The molecule has 6 heteroatoms. The van der Waals surface area contributed by atoms with Crippen LogP contribution < -0.4 is 0 Å². The van der Waals surface area contributed by atoms with E-state index in [-0.39, 0.29) is 5.56 Å². The molecule has 2 aromatic carbocycles. The summed E-state index contributed by atoms with van der Waals surface area (Å²) in [7, 11) is 0. The van der Waals surface area contributed by atoms with Crippen molar-refractivity contribution in [3.8, 4) is 0 Å². The Balaban J connectivity index is 2.73. The maximum atomic E-state index is 13.6. The molecule has 0 amide bonds. The second-order valence-electron chi connectivity index (χ2n) is 4.59. The van der Waals surface area contributed by atoms with Crippen LogP contribution in [-0.2, 0) is 0 Å². The van der Waals surface area contributed by atoms with Gasteiger partial charge in [-0.25, -0.2) is 22.0 Å². The normalized spacial score (nSPS) is 10.8. The molecule has 0 aliphatic carbocycles. The molecule has 0 radical (unpaired) electrons. The third kappa shape index (κ3) is 2.41. The van der Waals surface area contributed by atoms with Crippen LogP contribution in [0.5, 0.6) is 0 Å². The van der Waals surface area contributed by atoms with E-state index in [1.807, 2.05) is 0 Å². The van der Waals surface area contributed by atoms with Gasteiger partial charge in [-0.15, -0.1) is 0 Å². The van der Waals surface area contributed by atoms with Crippen LogP contribution in [0.1, 0.15) is 27.0 Å². The van der Waals surface area contributed by atoms with Gasteiger partial charge in [-0.2, -0.15) is 0 Å². The highest BCUT2D eigenvalue weighted by molar-refractivity contribution is 6.10. The summed E-state index contributed by atoms with van der Waals surface area (Å²) in [5.74, 6) is -12.1. The minimum Gasteiger partial charge on any atom is -0.288 e. The summed E-state index contributed by atoms with van der Waals surface area (Å²) >= 11 is 0. The summed E-state index contributed by atoms with van der Waals surface area (Å²) < 4.78 is 66.5. The molecule has 0 saturated carbocycles. The van der Waals surface area contributed by atoms with Gasteiger partial charge in [-0.1, -0.05) is 17.7 Å². The lowest BCUT2D eigenvalue weighted by Crippen LogP contribution is -2.14. The molecule has 0 aliphatic rings. The molecule has 0 aliphatic heterocycles. The average Bonchev–Trinajstić information content (AvgIpc) is 2.45. The van der Waals surface area contributed by atoms with E-state index in [0.29, 0.717) is 11.1 Å². The molecule has 0 aromatic heterocycles. The number of ketones is 1. The first-order chi connectivity index (χ1) is 9.75. The number of carbonyl (C=O) groups is 1. The van der Waals surface area contributed by atoms with Crippen LogP contribution in [-0.4, -0.2) is 5.78 Å². The highest BCUT2D eigenvalue weighted by Crippen LogP contribution is 2.26. The van der Waals surface area contributed by atoms with Gasteiger partial charge >= 0.3 is 0 Å². The fourth-order valence-corrected chi connectivity index (χ4v) is 1.92. The Hall–Kier alpha value is -2.24. The molecule has 110 valence electrons. The van der Waals surface area contributed by atoms with Crippen molar-refractivity contribution in [1.82, 2.24) is 0 Å². The zero-order chi connectivity index (χ0) is 15.9. The van der Waals surface area contributed by atoms with Crippen LogP contribution in [0, 0.1) is 42.9 Å². The van der Waals surface area contributed by atoms with Crippen molar-refractivity contribution in [3.63, 3.8) is 0 Å². The predicted octanol–water partition coefficient (Wildman–Crippen LogP) is 4.23. The van der Waals surface area contributed by atoms with Crippen LogP contribution in [0.4, 0.5) is 22.0 Å². The van der Waals surface area contributed by atoms with Crippen molar-refractivity contribution >= 4 is 5.78 Å². The number of benzene rings is 2. The van der Waals surface area contributed by atoms with E-state index >= 15 is 0 Å². The Kier molecular flexibility index (Phi) is 3.80. The van der Waals surface area contributed by atoms with Crippen LogP contribution in [0.25, 0.3) is 0 Å². The van der Waals surface area contributed by atoms with Gasteiger partial charge in [-0.05, 0) is 25.5 Å². The lowest BCUT2D eigenvalue weighted by atomic mass is 9.96. The summed E-state index contributed by atoms with van der Waals surface area (Å²) in [5, 5.41) is 0. The molecular formula is C15H9F5O. The van der Waals surface area contributed by atoms with Gasteiger partial charge in [0.2, 0.25) is 5.82 Å². The van der Waals surface area contributed by atoms with Gasteiger partial charge in [-0.3, -0.25) is 4.79 Å². The molecule has 0 saturated heterocycles. The monoisotopic (exact) mass is 300 g/mol. The van der Waals surface area contributed by atoms with Gasteiger partial charge in [0.15, 0.2) is 29.1 Å². The third-order valence-electron chi connectivity index (χ3n) is 3.07. The first kappa shape index (κ1) is 15.2. The van der Waals surface area contributed by atoms with E-state index < -0.39 is 40.4 Å². The molecule has 1 nitrogen and oxygen atoms in total. The number of rotatable bonds is 2. The maximum Gasteiger partial charge on any atom is 0.200 e. The summed E-state index contributed by atoms with van der Waals surface area (Å²) in [4.78, 5) is 12.1. The zero-order valence-corrected chi connectivity index (χ0v) is 11.0. The largest absolute Gasteiger partial charge is 0.288 e. The van der Waals surface area contributed by atoms with Gasteiger partial charge in [0, 0.05) is 5.56 Å². The molecule has 2 rings (SSSR count). The van der Waals surface area contributed by atoms with E-state index in [0.717, 1.165) is 0 Å². The van der Waals surface area contributed by atoms with Gasteiger partial charge in [0.25, 0.3) is 0 Å². The Morgan fingerprint density at radius 3 is 1.81 bits per heavy atom. The number of hydrogen-bond acceptors (Lipinski definition) is 1. The number of hydrogen-bond donors (Lipinski definition) is 0. The van der Waals surface area contributed by atoms with Crippen molar-refractivity contribution in [2.75, 3.05) is 0 Å². The molecule has 0 N–H and O–H groups in total. The molecule has 0 spiro atoms. The Bertz CT molecular complexity index is 723. The van der Waals surface area contributed by atoms with E-state index in [1.54, 1.807) is 13.0 Å². The van der Waals surface area contributed by atoms with Crippen molar-refractivity contribution in [2.24, 2.45) is 0 Å². The van der Waals surface area contributed by atoms with Crippen molar-refractivity contribution in [3.05, 3.63) is 69.5 Å². The zero-order valence-electron chi connectivity index (χ0n) is 11.0. The average molecular weight is 300 g/mol.